The van der Waals surface area contributed by atoms with E-state index in [4.69, 9.17) is 9.29 Å². The van der Waals surface area contributed by atoms with Crippen LogP contribution in [0.5, 0.6) is 0 Å². The van der Waals surface area contributed by atoms with Crippen LogP contribution in [0.25, 0.3) is 0 Å². The van der Waals surface area contributed by atoms with Gasteiger partial charge in [0, 0.05) is 12.3 Å². The van der Waals surface area contributed by atoms with E-state index in [1.165, 1.54) is 12.8 Å². The molecule has 1 unspecified atom stereocenters. The van der Waals surface area contributed by atoms with Crippen LogP contribution in [0.15, 0.2) is 12.3 Å². The van der Waals surface area contributed by atoms with Crippen molar-refractivity contribution in [2.45, 2.75) is 39.5 Å². The summed E-state index contributed by atoms with van der Waals surface area (Å²) in [5, 5.41) is 0. The van der Waals surface area contributed by atoms with Crippen LogP contribution in [0.2, 0.25) is 0 Å². The summed E-state index contributed by atoms with van der Waals surface area (Å²) >= 11 is 0. The van der Waals surface area contributed by atoms with Crippen LogP contribution < -0.4 is 0 Å². The molecule has 1 N–H and O–H groups in total. The summed E-state index contributed by atoms with van der Waals surface area (Å²) < 4.78 is 36.5. The quantitative estimate of drug-likeness (QED) is 0.341. The van der Waals surface area contributed by atoms with E-state index in [9.17, 15) is 8.42 Å². The van der Waals surface area contributed by atoms with E-state index < -0.39 is 10.1 Å². The molecule has 0 heterocycles. The van der Waals surface area contributed by atoms with Gasteiger partial charge in [-0.2, -0.15) is 8.42 Å². The zero-order chi connectivity index (χ0) is 16.5. The average molecular weight is 322 g/mol. The Kier molecular flexibility index (Phi) is 9.17. The van der Waals surface area contributed by atoms with Gasteiger partial charge in [-0.15, -0.1) is 0 Å². The van der Waals surface area contributed by atoms with Crippen LogP contribution in [0.4, 0.5) is 0 Å². The molecule has 126 valence electrons. The van der Waals surface area contributed by atoms with Gasteiger partial charge in [0.15, 0.2) is 0 Å². The molecule has 0 aliphatic heterocycles. The fraction of sp³-hybridized carbons (Fsp3) is 0.867. The van der Waals surface area contributed by atoms with E-state index in [1.807, 2.05) is 14.1 Å². The number of likely N-dealkylation sites (N-methyl/N-ethyl adjacent to an activating group) is 1. The highest BCUT2D eigenvalue weighted by Crippen LogP contribution is 2.17. The maximum absolute atomic E-state index is 10.7. The Morgan fingerprint density at radius 1 is 1.29 bits per heavy atom. The van der Waals surface area contributed by atoms with E-state index in [1.54, 1.807) is 0 Å². The molecule has 6 heteroatoms. The zero-order valence-electron chi connectivity index (χ0n) is 14.0. The molecule has 21 heavy (non-hydrogen) atoms. The van der Waals surface area contributed by atoms with Crippen LogP contribution >= 0.6 is 0 Å². The molecular formula is C15H32NO4S+. The van der Waals surface area contributed by atoms with Crippen molar-refractivity contribution in [3.05, 3.63) is 12.3 Å². The third-order valence-corrected chi connectivity index (χ3v) is 4.49. The van der Waals surface area contributed by atoms with E-state index in [-0.39, 0.29) is 5.75 Å². The fourth-order valence-corrected chi connectivity index (χ4v) is 2.52. The topological polar surface area (TPSA) is 63.6 Å². The maximum atomic E-state index is 10.7. The van der Waals surface area contributed by atoms with Crippen molar-refractivity contribution in [3.8, 4) is 0 Å². The Morgan fingerprint density at radius 2 is 1.90 bits per heavy atom. The summed E-state index contributed by atoms with van der Waals surface area (Å²) in [5.41, 5.74) is 0. The fourth-order valence-electron chi connectivity index (χ4n) is 2.02. The van der Waals surface area contributed by atoms with Crippen LogP contribution in [0.1, 0.15) is 39.5 Å². The summed E-state index contributed by atoms with van der Waals surface area (Å²) in [6.45, 7) is 10.3. The number of quaternary nitrogens is 1. The highest BCUT2D eigenvalue weighted by atomic mass is 32.2. The van der Waals surface area contributed by atoms with E-state index in [0.717, 1.165) is 18.7 Å². The molecular weight excluding hydrogens is 290 g/mol. The van der Waals surface area contributed by atoms with Crippen molar-refractivity contribution in [2.75, 3.05) is 39.5 Å². The predicted molar refractivity (Wildman–Crippen MR) is 86.7 cm³/mol. The lowest BCUT2D eigenvalue weighted by atomic mass is 10.0. The third-order valence-electron chi connectivity index (χ3n) is 3.69. The second-order valence-corrected chi connectivity index (χ2v) is 7.95. The molecule has 0 bridgehead atoms. The number of rotatable bonds is 12. The number of ether oxygens (including phenoxy) is 1. The lowest BCUT2D eigenvalue weighted by Crippen LogP contribution is -2.43. The van der Waals surface area contributed by atoms with Gasteiger partial charge in [0.05, 0.1) is 32.2 Å². The second-order valence-electron chi connectivity index (χ2n) is 6.38. The SMILES string of the molecule is C=C(OCC[N+](C)(C)CCCS(=O)(=O)O)C(C)CCCC. The summed E-state index contributed by atoms with van der Waals surface area (Å²) in [6, 6.07) is 0. The first-order valence-electron chi connectivity index (χ1n) is 7.66. The van der Waals surface area contributed by atoms with Crippen molar-refractivity contribution in [3.63, 3.8) is 0 Å². The van der Waals surface area contributed by atoms with Crippen molar-refractivity contribution in [1.29, 1.82) is 0 Å². The lowest BCUT2D eigenvalue weighted by Gasteiger charge is -2.30. The van der Waals surface area contributed by atoms with E-state index in [2.05, 4.69) is 20.4 Å². The first-order chi connectivity index (χ1) is 9.57. The van der Waals surface area contributed by atoms with Crippen molar-refractivity contribution < 1.29 is 22.2 Å². The molecule has 0 aromatic carbocycles. The Hall–Kier alpha value is -0.590. The standard InChI is InChI=1S/C15H31NO4S/c1-6-7-9-14(2)15(3)20-12-11-16(4,5)10-8-13-21(17,18)19/h14H,3,6-13H2,1-2,4-5H3/p+1. The molecule has 0 aromatic rings. The van der Waals surface area contributed by atoms with Gasteiger partial charge in [-0.25, -0.2) is 0 Å². The number of hydrogen-bond acceptors (Lipinski definition) is 3. The van der Waals surface area contributed by atoms with Gasteiger partial charge in [0.2, 0.25) is 0 Å². The van der Waals surface area contributed by atoms with Gasteiger partial charge in [-0.1, -0.05) is 33.3 Å². The number of allylic oxidation sites excluding steroid dienone is 1. The first-order valence-corrected chi connectivity index (χ1v) is 9.27. The summed E-state index contributed by atoms with van der Waals surface area (Å²) in [4.78, 5) is 0. The minimum Gasteiger partial charge on any atom is -0.492 e. The monoisotopic (exact) mass is 322 g/mol. The molecule has 0 amide bonds. The van der Waals surface area contributed by atoms with Gasteiger partial charge in [0.1, 0.15) is 13.2 Å². The normalized spacial score (nSPS) is 14.0. The predicted octanol–water partition coefficient (Wildman–Crippen LogP) is 2.70. The van der Waals surface area contributed by atoms with Gasteiger partial charge in [-0.3, -0.25) is 4.55 Å². The number of unbranched alkanes of at least 4 members (excludes halogenated alkanes) is 1. The Morgan fingerprint density at radius 3 is 2.43 bits per heavy atom. The molecule has 1 atom stereocenters. The smallest absolute Gasteiger partial charge is 0.265 e. The zero-order valence-corrected chi connectivity index (χ0v) is 14.8. The number of nitrogens with zero attached hydrogens (tertiary/aromatic N) is 1. The summed E-state index contributed by atoms with van der Waals surface area (Å²) in [7, 11) is 0.193. The minimum absolute atomic E-state index is 0.184. The molecule has 0 saturated carbocycles. The van der Waals surface area contributed by atoms with Gasteiger partial charge < -0.3 is 9.22 Å². The van der Waals surface area contributed by atoms with Crippen molar-refractivity contribution in [2.24, 2.45) is 5.92 Å². The molecule has 0 spiro atoms. The largest absolute Gasteiger partial charge is 0.492 e. The lowest BCUT2D eigenvalue weighted by molar-refractivity contribution is -0.890. The molecule has 0 aromatic heterocycles. The highest BCUT2D eigenvalue weighted by molar-refractivity contribution is 7.85. The van der Waals surface area contributed by atoms with Gasteiger partial charge in [-0.05, 0) is 6.42 Å². The van der Waals surface area contributed by atoms with Crippen LogP contribution in [-0.4, -0.2) is 57.0 Å². The van der Waals surface area contributed by atoms with Crippen LogP contribution in [0, 0.1) is 5.92 Å². The highest BCUT2D eigenvalue weighted by Gasteiger charge is 2.17. The molecule has 0 fully saturated rings. The molecule has 0 saturated heterocycles. The Labute approximate surface area is 130 Å². The van der Waals surface area contributed by atoms with Gasteiger partial charge in [0.25, 0.3) is 10.1 Å². The molecule has 0 radical (unpaired) electrons. The first kappa shape index (κ1) is 20.4. The molecule has 5 nitrogen and oxygen atoms in total. The summed E-state index contributed by atoms with van der Waals surface area (Å²) in [5.74, 6) is 1.03. The van der Waals surface area contributed by atoms with Crippen molar-refractivity contribution >= 4 is 10.1 Å². The number of hydrogen-bond donors (Lipinski definition) is 1. The van der Waals surface area contributed by atoms with Crippen LogP contribution in [-0.2, 0) is 14.9 Å². The summed E-state index contributed by atoms with van der Waals surface area (Å²) in [6.07, 6.45) is 3.90. The van der Waals surface area contributed by atoms with Crippen molar-refractivity contribution in [1.82, 2.24) is 0 Å². The molecule has 0 aliphatic carbocycles. The Balaban J connectivity index is 3.95. The Bertz CT molecular complexity index is 404. The van der Waals surface area contributed by atoms with Crippen LogP contribution in [0.3, 0.4) is 0 Å². The molecule has 0 aliphatic rings. The van der Waals surface area contributed by atoms with Gasteiger partial charge >= 0.3 is 0 Å². The average Bonchev–Trinajstić information content (AvgIpc) is 2.33. The van der Waals surface area contributed by atoms with E-state index in [0.29, 0.717) is 30.0 Å². The third kappa shape index (κ3) is 11.7. The second kappa shape index (κ2) is 9.43. The minimum atomic E-state index is -3.86. The van der Waals surface area contributed by atoms with E-state index >= 15 is 0 Å². The maximum Gasteiger partial charge on any atom is 0.265 e. The molecule has 0 rings (SSSR count).